The van der Waals surface area contributed by atoms with E-state index in [9.17, 15) is 27.6 Å². The summed E-state index contributed by atoms with van der Waals surface area (Å²) in [5.41, 5.74) is -0.748. The lowest BCUT2D eigenvalue weighted by atomic mass is 10.0. The van der Waals surface area contributed by atoms with Gasteiger partial charge in [0.1, 0.15) is 5.60 Å². The number of ether oxygens (including phenoxy) is 1. The Bertz CT molecular complexity index is 2710. The van der Waals surface area contributed by atoms with Crippen LogP contribution in [0.25, 0.3) is 27.4 Å². The standard InChI is InChI=1S/C42H48ClF3N8O5Si/c1-41(2,3)59-39(56)48-20-26-13-10-12-25-19-47-21-33(34(25)26)54-38(55)50-37(53(40(54)57)22-24-16-30(44)35(46)31(45)17-24)49-36-27(14-11-15-58-60(8,9)42(4,5)6)28-23-52(7)51-32(28)18-29(36)43/h10,12-13,16-19,21,23H,11,14-15,20,22H2,1-9H3,(H,48,56)(H,49,50,55). The van der Waals surface area contributed by atoms with E-state index in [4.69, 9.17) is 20.8 Å². The van der Waals surface area contributed by atoms with Crippen LogP contribution in [0.15, 0.2) is 64.6 Å². The van der Waals surface area contributed by atoms with Gasteiger partial charge in [-0.25, -0.2) is 32.1 Å². The molecule has 0 spiro atoms. The van der Waals surface area contributed by atoms with Crippen LogP contribution in [0.1, 0.15) is 64.7 Å². The summed E-state index contributed by atoms with van der Waals surface area (Å²) < 4.78 is 58.6. The molecule has 60 heavy (non-hydrogen) atoms. The maximum Gasteiger partial charge on any atom is 0.407 e. The van der Waals surface area contributed by atoms with E-state index < -0.39 is 55.4 Å². The minimum Gasteiger partial charge on any atom is -0.444 e. The molecule has 0 aliphatic rings. The first-order valence-electron chi connectivity index (χ1n) is 19.3. The first kappa shape index (κ1) is 44.0. The fourth-order valence-corrected chi connectivity index (χ4v) is 7.88. The van der Waals surface area contributed by atoms with Crippen molar-refractivity contribution >= 4 is 59.3 Å². The van der Waals surface area contributed by atoms with Crippen LogP contribution in [0.3, 0.4) is 0 Å². The van der Waals surface area contributed by atoms with Crippen molar-refractivity contribution in [2.45, 2.75) is 91.2 Å². The monoisotopic (exact) mass is 864 g/mol. The van der Waals surface area contributed by atoms with Gasteiger partial charge in [0.2, 0.25) is 5.95 Å². The number of aryl methyl sites for hydroxylation is 2. The highest BCUT2D eigenvalue weighted by Gasteiger charge is 2.37. The minimum atomic E-state index is -2.07. The number of fused-ring (bicyclic) bond motifs is 2. The second-order valence-electron chi connectivity index (χ2n) is 17.1. The van der Waals surface area contributed by atoms with Gasteiger partial charge in [0.25, 0.3) is 0 Å². The lowest BCUT2D eigenvalue weighted by Crippen LogP contribution is -2.42. The van der Waals surface area contributed by atoms with Gasteiger partial charge in [-0.2, -0.15) is 10.1 Å². The van der Waals surface area contributed by atoms with Crippen LogP contribution in [-0.2, 0) is 35.7 Å². The zero-order valence-corrected chi connectivity index (χ0v) is 36.7. The van der Waals surface area contributed by atoms with E-state index in [1.54, 1.807) is 56.8 Å². The maximum absolute atomic E-state index is 14.8. The van der Waals surface area contributed by atoms with E-state index in [1.165, 1.54) is 12.4 Å². The fourth-order valence-electron chi connectivity index (χ4n) is 6.53. The molecule has 3 aromatic heterocycles. The van der Waals surface area contributed by atoms with Crippen molar-refractivity contribution < 1.29 is 27.1 Å². The van der Waals surface area contributed by atoms with Crippen LogP contribution in [0.5, 0.6) is 0 Å². The summed E-state index contributed by atoms with van der Waals surface area (Å²) >= 11 is 6.94. The third-order valence-electron chi connectivity index (χ3n) is 10.4. The second kappa shape index (κ2) is 16.9. The van der Waals surface area contributed by atoms with Crippen molar-refractivity contribution in [2.75, 3.05) is 11.9 Å². The van der Waals surface area contributed by atoms with Crippen molar-refractivity contribution in [3.05, 3.63) is 115 Å². The highest BCUT2D eigenvalue weighted by Crippen LogP contribution is 2.38. The molecule has 6 rings (SSSR count). The molecule has 18 heteroatoms. The number of nitrogens with one attached hydrogen (secondary N) is 2. The predicted molar refractivity (Wildman–Crippen MR) is 228 cm³/mol. The normalized spacial score (nSPS) is 12.3. The van der Waals surface area contributed by atoms with Gasteiger partial charge in [-0.15, -0.1) is 0 Å². The van der Waals surface area contributed by atoms with Crippen molar-refractivity contribution in [3.63, 3.8) is 0 Å². The van der Waals surface area contributed by atoms with E-state index in [2.05, 4.69) is 59.6 Å². The van der Waals surface area contributed by atoms with Gasteiger partial charge in [-0.05, 0) is 86.6 Å². The minimum absolute atomic E-state index is 0.00107. The molecule has 0 aliphatic heterocycles. The average molecular weight is 865 g/mol. The number of amides is 1. The molecule has 0 saturated carbocycles. The Labute approximate surface area is 350 Å². The lowest BCUT2D eigenvalue weighted by Gasteiger charge is -2.36. The SMILES string of the molecule is Cn1cc2c(CCCO[Si](C)(C)C(C)(C)C)c(Nc3nc(=O)n(-c4cncc5cccc(CNC(=O)OC(C)(C)C)c45)c(=O)n3Cc3cc(F)c(F)c(F)c3)c(Cl)cc2n1. The van der Waals surface area contributed by atoms with Crippen molar-refractivity contribution in [1.29, 1.82) is 0 Å². The molecule has 0 saturated heterocycles. The molecule has 0 bridgehead atoms. The Hall–Kier alpha value is -5.52. The van der Waals surface area contributed by atoms with E-state index in [-0.39, 0.29) is 33.8 Å². The Kier molecular flexibility index (Phi) is 12.4. The number of anilines is 2. The van der Waals surface area contributed by atoms with E-state index in [1.807, 2.05) is 6.20 Å². The molecule has 0 unspecified atom stereocenters. The lowest BCUT2D eigenvalue weighted by molar-refractivity contribution is 0.0523. The summed E-state index contributed by atoms with van der Waals surface area (Å²) in [6.07, 6.45) is 5.00. The van der Waals surface area contributed by atoms with Gasteiger partial charge in [-0.1, -0.05) is 50.6 Å². The van der Waals surface area contributed by atoms with Gasteiger partial charge in [0, 0.05) is 48.8 Å². The number of aromatic nitrogens is 6. The zero-order valence-electron chi connectivity index (χ0n) is 35.0. The Morgan fingerprint density at radius 1 is 1.00 bits per heavy atom. The summed E-state index contributed by atoms with van der Waals surface area (Å²) in [4.78, 5) is 50.2. The highest BCUT2D eigenvalue weighted by atomic mass is 35.5. The number of pyridine rings is 1. The van der Waals surface area contributed by atoms with Crippen LogP contribution < -0.4 is 22.0 Å². The highest BCUT2D eigenvalue weighted by molar-refractivity contribution is 6.74. The molecule has 6 aromatic rings. The molecular weight excluding hydrogens is 817 g/mol. The topological polar surface area (TPSA) is 147 Å². The number of alkyl carbamates (subject to hydrolysis) is 1. The molecule has 1 amide bonds. The summed E-state index contributed by atoms with van der Waals surface area (Å²) in [6, 6.07) is 8.30. The molecule has 2 N–H and O–H groups in total. The third-order valence-corrected chi connectivity index (χ3v) is 15.3. The number of carbonyl (C=O) groups excluding carboxylic acids is 1. The quantitative estimate of drug-likeness (QED) is 0.0701. The van der Waals surface area contributed by atoms with Crippen molar-refractivity contribution in [2.24, 2.45) is 7.05 Å². The van der Waals surface area contributed by atoms with Gasteiger partial charge in [-0.3, -0.25) is 14.2 Å². The Morgan fingerprint density at radius 2 is 1.70 bits per heavy atom. The van der Waals surface area contributed by atoms with Gasteiger partial charge in [0.05, 0.1) is 34.7 Å². The first-order chi connectivity index (χ1) is 28.0. The van der Waals surface area contributed by atoms with Crippen LogP contribution in [-0.4, -0.2) is 55.5 Å². The molecule has 0 radical (unpaired) electrons. The zero-order chi connectivity index (χ0) is 43.9. The summed E-state index contributed by atoms with van der Waals surface area (Å²) in [5, 5.41) is 12.2. The number of carbonyl (C=O) groups is 1. The van der Waals surface area contributed by atoms with E-state index in [0.717, 1.165) is 26.7 Å². The average Bonchev–Trinajstić information content (AvgIpc) is 3.52. The molecule has 13 nitrogen and oxygen atoms in total. The van der Waals surface area contributed by atoms with Crippen LogP contribution in [0.4, 0.5) is 29.6 Å². The number of hydrogen-bond acceptors (Lipinski definition) is 9. The van der Waals surface area contributed by atoms with Gasteiger partial charge < -0.3 is 19.8 Å². The third kappa shape index (κ3) is 9.42. The summed E-state index contributed by atoms with van der Waals surface area (Å²) in [7, 11) is -0.299. The summed E-state index contributed by atoms with van der Waals surface area (Å²) in [5.74, 6) is -4.93. The van der Waals surface area contributed by atoms with Crippen LogP contribution >= 0.6 is 11.6 Å². The number of hydrogen-bond donors (Lipinski definition) is 2. The maximum atomic E-state index is 14.8. The molecular formula is C42H48ClF3N8O5Si. The van der Waals surface area contributed by atoms with Crippen molar-refractivity contribution in [3.8, 4) is 5.69 Å². The Balaban J connectivity index is 1.50. The number of rotatable bonds is 12. The second-order valence-corrected chi connectivity index (χ2v) is 22.3. The van der Waals surface area contributed by atoms with E-state index >= 15 is 0 Å². The van der Waals surface area contributed by atoms with Gasteiger partial charge >= 0.3 is 17.5 Å². The molecule has 318 valence electrons. The number of nitrogens with zero attached hydrogens (tertiary/aromatic N) is 6. The van der Waals surface area contributed by atoms with Crippen molar-refractivity contribution in [1.82, 2.24) is 34.2 Å². The fraction of sp³-hybridized carbons (Fsp3) is 0.381. The molecule has 0 atom stereocenters. The number of benzene rings is 3. The van der Waals surface area contributed by atoms with Gasteiger partial charge in [0.15, 0.2) is 25.8 Å². The Morgan fingerprint density at radius 3 is 2.37 bits per heavy atom. The number of halogens is 4. The van der Waals surface area contributed by atoms with Crippen LogP contribution in [0, 0.1) is 17.5 Å². The first-order valence-corrected chi connectivity index (χ1v) is 22.6. The smallest absolute Gasteiger partial charge is 0.407 e. The molecule has 3 aromatic carbocycles. The molecule has 0 aliphatic carbocycles. The molecule has 3 heterocycles. The van der Waals surface area contributed by atoms with Crippen LogP contribution in [0.2, 0.25) is 23.2 Å². The summed E-state index contributed by atoms with van der Waals surface area (Å²) in [6.45, 7) is 15.8. The molecule has 0 fully saturated rings. The largest absolute Gasteiger partial charge is 0.444 e. The predicted octanol–water partition coefficient (Wildman–Crippen LogP) is 8.67. The van der Waals surface area contributed by atoms with E-state index in [0.29, 0.717) is 52.6 Å².